The Morgan fingerprint density at radius 2 is 1.42 bits per heavy atom. The van der Waals surface area contributed by atoms with Crippen LogP contribution in [0.1, 0.15) is 5.56 Å². The van der Waals surface area contributed by atoms with Crippen LogP contribution in [0.5, 0.6) is 5.75 Å². The number of hydrogen-bond donors (Lipinski definition) is 0. The van der Waals surface area contributed by atoms with E-state index in [1.807, 2.05) is 0 Å². The maximum Gasteiger partial charge on any atom is 0.336 e. The summed E-state index contributed by atoms with van der Waals surface area (Å²) < 4.78 is 30.2. The van der Waals surface area contributed by atoms with Crippen LogP contribution in [0.25, 0.3) is 6.08 Å². The Hall–Kier alpha value is -2.49. The molecule has 0 saturated heterocycles. The molecular formula is C15H10F2O2. The van der Waals surface area contributed by atoms with Crippen LogP contribution in [-0.4, -0.2) is 5.97 Å². The molecule has 0 atom stereocenters. The summed E-state index contributed by atoms with van der Waals surface area (Å²) in [6.07, 6.45) is 2.72. The summed E-state index contributed by atoms with van der Waals surface area (Å²) in [6.45, 7) is 0. The summed E-state index contributed by atoms with van der Waals surface area (Å²) in [7, 11) is 0. The highest BCUT2D eigenvalue weighted by atomic mass is 19.1. The van der Waals surface area contributed by atoms with E-state index in [1.165, 1.54) is 60.7 Å². The molecule has 0 aromatic heterocycles. The number of carbonyl (C=O) groups excluding carboxylic acids is 1. The van der Waals surface area contributed by atoms with Gasteiger partial charge in [0.05, 0.1) is 0 Å². The Kier molecular flexibility index (Phi) is 4.03. The maximum atomic E-state index is 12.7. The van der Waals surface area contributed by atoms with Gasteiger partial charge in [-0.1, -0.05) is 12.1 Å². The van der Waals surface area contributed by atoms with Crippen LogP contribution in [0.15, 0.2) is 54.6 Å². The van der Waals surface area contributed by atoms with E-state index in [4.69, 9.17) is 4.74 Å². The van der Waals surface area contributed by atoms with E-state index in [0.717, 1.165) is 0 Å². The molecule has 0 unspecified atom stereocenters. The molecule has 19 heavy (non-hydrogen) atoms. The number of ether oxygens (including phenoxy) is 1. The van der Waals surface area contributed by atoms with E-state index in [-0.39, 0.29) is 11.6 Å². The van der Waals surface area contributed by atoms with Gasteiger partial charge in [0.2, 0.25) is 0 Å². The van der Waals surface area contributed by atoms with E-state index in [2.05, 4.69) is 0 Å². The summed E-state index contributed by atoms with van der Waals surface area (Å²) in [5.41, 5.74) is 0.678. The fourth-order valence-corrected chi connectivity index (χ4v) is 1.39. The van der Waals surface area contributed by atoms with Crippen molar-refractivity contribution in [3.05, 3.63) is 71.8 Å². The second kappa shape index (κ2) is 5.91. The predicted octanol–water partition coefficient (Wildman–Crippen LogP) is 3.58. The summed E-state index contributed by atoms with van der Waals surface area (Å²) in [5.74, 6) is -1.07. The molecule has 2 nitrogen and oxygen atoms in total. The number of esters is 1. The molecule has 0 spiro atoms. The minimum Gasteiger partial charge on any atom is -0.423 e. The van der Waals surface area contributed by atoms with Gasteiger partial charge in [0, 0.05) is 6.08 Å². The monoisotopic (exact) mass is 260 g/mol. The lowest BCUT2D eigenvalue weighted by Gasteiger charge is -2.00. The fourth-order valence-electron chi connectivity index (χ4n) is 1.39. The number of carbonyl (C=O) groups is 1. The van der Waals surface area contributed by atoms with Crippen LogP contribution < -0.4 is 4.74 Å². The molecule has 0 N–H and O–H groups in total. The van der Waals surface area contributed by atoms with Gasteiger partial charge in [-0.15, -0.1) is 0 Å². The molecule has 2 aromatic carbocycles. The zero-order valence-corrected chi connectivity index (χ0v) is 9.85. The van der Waals surface area contributed by atoms with Crippen molar-refractivity contribution in [1.82, 2.24) is 0 Å². The lowest BCUT2D eigenvalue weighted by atomic mass is 10.2. The van der Waals surface area contributed by atoms with Crippen LogP contribution in [0.2, 0.25) is 0 Å². The molecule has 0 aliphatic carbocycles. The molecule has 96 valence electrons. The fraction of sp³-hybridized carbons (Fsp3) is 0. The van der Waals surface area contributed by atoms with E-state index in [1.54, 1.807) is 0 Å². The van der Waals surface area contributed by atoms with E-state index >= 15 is 0 Å². The quantitative estimate of drug-likeness (QED) is 0.479. The second-order valence-corrected chi connectivity index (χ2v) is 3.76. The van der Waals surface area contributed by atoms with Crippen molar-refractivity contribution in [1.29, 1.82) is 0 Å². The Labute approximate surface area is 108 Å². The zero-order chi connectivity index (χ0) is 13.7. The second-order valence-electron chi connectivity index (χ2n) is 3.76. The van der Waals surface area contributed by atoms with Gasteiger partial charge < -0.3 is 4.74 Å². The molecule has 2 aromatic rings. The van der Waals surface area contributed by atoms with Gasteiger partial charge in [-0.25, -0.2) is 13.6 Å². The first kappa shape index (κ1) is 13.0. The average Bonchev–Trinajstić information content (AvgIpc) is 2.41. The highest BCUT2D eigenvalue weighted by Gasteiger charge is 2.00. The van der Waals surface area contributed by atoms with Crippen LogP contribution in [0.3, 0.4) is 0 Å². The van der Waals surface area contributed by atoms with Crippen molar-refractivity contribution in [3.63, 3.8) is 0 Å². The number of rotatable bonds is 3. The first-order valence-corrected chi connectivity index (χ1v) is 5.54. The first-order valence-electron chi connectivity index (χ1n) is 5.54. The summed E-state index contributed by atoms with van der Waals surface area (Å²) >= 11 is 0. The van der Waals surface area contributed by atoms with Crippen molar-refractivity contribution in [2.75, 3.05) is 0 Å². The van der Waals surface area contributed by atoms with Gasteiger partial charge in [-0.3, -0.25) is 0 Å². The normalized spacial score (nSPS) is 10.6. The van der Waals surface area contributed by atoms with Crippen molar-refractivity contribution in [2.45, 2.75) is 0 Å². The molecule has 0 saturated carbocycles. The lowest BCUT2D eigenvalue weighted by molar-refractivity contribution is -0.128. The van der Waals surface area contributed by atoms with Crippen LogP contribution in [-0.2, 0) is 4.79 Å². The van der Waals surface area contributed by atoms with E-state index in [9.17, 15) is 13.6 Å². The third-order valence-corrected chi connectivity index (χ3v) is 2.31. The molecule has 2 rings (SSSR count). The van der Waals surface area contributed by atoms with Crippen molar-refractivity contribution in [2.24, 2.45) is 0 Å². The summed E-state index contributed by atoms with van der Waals surface area (Å²) in [4.78, 5) is 11.5. The molecule has 0 heterocycles. The van der Waals surface area contributed by atoms with Crippen LogP contribution >= 0.6 is 0 Å². The largest absolute Gasteiger partial charge is 0.423 e. The lowest BCUT2D eigenvalue weighted by Crippen LogP contribution is -2.03. The molecule has 0 bridgehead atoms. The third-order valence-electron chi connectivity index (χ3n) is 2.31. The minimum atomic E-state index is -0.587. The van der Waals surface area contributed by atoms with Gasteiger partial charge >= 0.3 is 5.97 Å². The van der Waals surface area contributed by atoms with Crippen molar-refractivity contribution < 1.29 is 18.3 Å². The topological polar surface area (TPSA) is 26.3 Å². The predicted molar refractivity (Wildman–Crippen MR) is 67.5 cm³/mol. The van der Waals surface area contributed by atoms with E-state index in [0.29, 0.717) is 5.56 Å². The number of benzene rings is 2. The molecule has 0 fully saturated rings. The Morgan fingerprint density at radius 3 is 2.00 bits per heavy atom. The van der Waals surface area contributed by atoms with Gasteiger partial charge in [0.25, 0.3) is 0 Å². The maximum absolute atomic E-state index is 12.7. The zero-order valence-electron chi connectivity index (χ0n) is 9.85. The van der Waals surface area contributed by atoms with Gasteiger partial charge in [0.15, 0.2) is 0 Å². The van der Waals surface area contributed by atoms with Crippen LogP contribution in [0, 0.1) is 11.6 Å². The van der Waals surface area contributed by atoms with Crippen molar-refractivity contribution in [3.8, 4) is 5.75 Å². The Bertz CT molecular complexity index is 587. The molecular weight excluding hydrogens is 250 g/mol. The highest BCUT2D eigenvalue weighted by molar-refractivity contribution is 5.88. The van der Waals surface area contributed by atoms with Crippen LogP contribution in [0.4, 0.5) is 8.78 Å². The summed E-state index contributed by atoms with van der Waals surface area (Å²) in [5, 5.41) is 0. The molecule has 0 radical (unpaired) electrons. The van der Waals surface area contributed by atoms with Crippen molar-refractivity contribution >= 4 is 12.0 Å². The summed E-state index contributed by atoms with van der Waals surface area (Å²) in [6, 6.07) is 10.8. The van der Waals surface area contributed by atoms with Gasteiger partial charge in [-0.05, 0) is 48.0 Å². The molecule has 0 aliphatic heterocycles. The molecule has 0 aliphatic rings. The molecule has 0 amide bonds. The van der Waals surface area contributed by atoms with Gasteiger partial charge in [0.1, 0.15) is 17.4 Å². The Morgan fingerprint density at radius 1 is 0.895 bits per heavy atom. The smallest absolute Gasteiger partial charge is 0.336 e. The average molecular weight is 260 g/mol. The number of halogens is 2. The standard InChI is InChI=1S/C15H10F2O2/c16-12-4-1-11(2-5-12)3-10-15(18)19-14-8-6-13(17)7-9-14/h1-10H/b10-3+. The first-order chi connectivity index (χ1) is 9.13. The van der Waals surface area contributed by atoms with Gasteiger partial charge in [-0.2, -0.15) is 0 Å². The Balaban J connectivity index is 1.97. The minimum absolute atomic E-state index is 0.259. The molecule has 4 heteroatoms. The SMILES string of the molecule is O=C(/C=C/c1ccc(F)cc1)Oc1ccc(F)cc1. The third kappa shape index (κ3) is 4.03. The number of hydrogen-bond acceptors (Lipinski definition) is 2. The highest BCUT2D eigenvalue weighted by Crippen LogP contribution is 2.12. The van der Waals surface area contributed by atoms with E-state index < -0.39 is 11.8 Å².